The maximum Gasteiger partial charge on any atom is 0.303 e. The smallest absolute Gasteiger partial charge is 0.303 e. The molecule has 0 aromatic heterocycles. The molecule has 0 spiro atoms. The summed E-state index contributed by atoms with van der Waals surface area (Å²) < 4.78 is 9.73. The first-order chi connectivity index (χ1) is 5.09. The summed E-state index contributed by atoms with van der Waals surface area (Å²) in [5.41, 5.74) is 0. The Kier molecular flexibility index (Phi) is 2.46. The van der Waals surface area contributed by atoms with Crippen molar-refractivity contribution in [3.05, 3.63) is 0 Å². The van der Waals surface area contributed by atoms with Crippen molar-refractivity contribution in [2.75, 3.05) is 0 Å². The van der Waals surface area contributed by atoms with E-state index in [-0.39, 0.29) is 12.1 Å². The summed E-state index contributed by atoms with van der Waals surface area (Å²) in [5, 5.41) is 9.11. The van der Waals surface area contributed by atoms with Crippen molar-refractivity contribution in [3.63, 3.8) is 0 Å². The lowest BCUT2D eigenvalue weighted by atomic mass is 10.2. The lowest BCUT2D eigenvalue weighted by Crippen LogP contribution is -2.25. The van der Waals surface area contributed by atoms with Crippen LogP contribution in [0.3, 0.4) is 0 Å². The molecule has 3 atom stereocenters. The van der Waals surface area contributed by atoms with Gasteiger partial charge in [0.1, 0.15) is 0 Å². The number of ether oxygens (including phenoxy) is 2. The average Bonchev–Trinajstić information content (AvgIpc) is 2.09. The maximum absolute atomic E-state index is 10.5. The molecular weight excluding hydrogens is 148 g/mol. The van der Waals surface area contributed by atoms with Crippen LogP contribution >= 0.6 is 0 Å². The summed E-state index contributed by atoms with van der Waals surface area (Å²) in [7, 11) is 0. The monoisotopic (exact) mass is 160 g/mol. The molecule has 0 amide bonds. The molecule has 11 heavy (non-hydrogen) atoms. The van der Waals surface area contributed by atoms with Crippen molar-refractivity contribution in [1.29, 1.82) is 0 Å². The van der Waals surface area contributed by atoms with Gasteiger partial charge in [-0.15, -0.1) is 0 Å². The molecule has 64 valence electrons. The molecule has 4 heteroatoms. The molecule has 0 aromatic rings. The zero-order valence-corrected chi connectivity index (χ0v) is 6.61. The minimum absolute atomic E-state index is 0.0330. The zero-order chi connectivity index (χ0) is 8.43. The Hall–Kier alpha value is -0.610. The minimum atomic E-state index is -0.950. The van der Waals surface area contributed by atoms with E-state index in [0.29, 0.717) is 6.42 Å². The Balaban J connectivity index is 2.40. The number of hydrogen-bond acceptors (Lipinski definition) is 4. The lowest BCUT2D eigenvalue weighted by molar-refractivity contribution is -0.166. The van der Waals surface area contributed by atoms with Gasteiger partial charge in [0.25, 0.3) is 0 Å². The summed E-state index contributed by atoms with van der Waals surface area (Å²) >= 11 is 0. The maximum atomic E-state index is 10.5. The Morgan fingerprint density at radius 1 is 1.73 bits per heavy atom. The van der Waals surface area contributed by atoms with Crippen LogP contribution < -0.4 is 0 Å². The Labute approximate surface area is 65.1 Å². The van der Waals surface area contributed by atoms with Crippen LogP contribution in [0.15, 0.2) is 0 Å². The molecule has 0 bridgehead atoms. The van der Waals surface area contributed by atoms with Gasteiger partial charge in [-0.1, -0.05) is 0 Å². The van der Waals surface area contributed by atoms with E-state index < -0.39 is 12.4 Å². The number of rotatable bonds is 1. The van der Waals surface area contributed by atoms with Gasteiger partial charge in [0, 0.05) is 13.3 Å². The van der Waals surface area contributed by atoms with E-state index in [1.54, 1.807) is 0 Å². The molecule has 0 saturated carbocycles. The topological polar surface area (TPSA) is 55.8 Å². The summed E-state index contributed by atoms with van der Waals surface area (Å²) in [6.07, 6.45) is -0.897. The van der Waals surface area contributed by atoms with Crippen LogP contribution in [0, 0.1) is 0 Å². The van der Waals surface area contributed by atoms with Gasteiger partial charge >= 0.3 is 5.97 Å². The Bertz CT molecular complexity index is 157. The standard InChI is InChI=1S/C7H12O4/c1-4-3-6(7(9)10-4)11-5(2)8/h4,6-7,9H,3H2,1-2H3/t4-,6?,7?/m1/s1. The summed E-state index contributed by atoms with van der Waals surface area (Å²) in [6, 6.07) is 0. The first-order valence-corrected chi connectivity index (χ1v) is 3.60. The van der Waals surface area contributed by atoms with Gasteiger partial charge in [0.2, 0.25) is 0 Å². The van der Waals surface area contributed by atoms with E-state index in [1.165, 1.54) is 6.92 Å². The number of esters is 1. The fourth-order valence-electron chi connectivity index (χ4n) is 1.14. The van der Waals surface area contributed by atoms with Crippen molar-refractivity contribution in [2.45, 2.75) is 38.8 Å². The number of carbonyl (C=O) groups excluding carboxylic acids is 1. The second-order valence-corrected chi connectivity index (χ2v) is 2.72. The van der Waals surface area contributed by atoms with Crippen molar-refractivity contribution in [2.24, 2.45) is 0 Å². The summed E-state index contributed by atoms with van der Waals surface area (Å²) in [4.78, 5) is 10.5. The number of aliphatic hydroxyl groups excluding tert-OH is 1. The highest BCUT2D eigenvalue weighted by Gasteiger charge is 2.33. The van der Waals surface area contributed by atoms with Crippen LogP contribution in [-0.4, -0.2) is 29.6 Å². The quantitative estimate of drug-likeness (QED) is 0.550. The lowest BCUT2D eigenvalue weighted by Gasteiger charge is -2.11. The third kappa shape index (κ3) is 2.17. The predicted molar refractivity (Wildman–Crippen MR) is 36.7 cm³/mol. The second kappa shape index (κ2) is 3.19. The molecule has 0 radical (unpaired) electrons. The van der Waals surface area contributed by atoms with E-state index in [1.807, 2.05) is 6.92 Å². The third-order valence-corrected chi connectivity index (χ3v) is 1.57. The van der Waals surface area contributed by atoms with Crippen molar-refractivity contribution in [1.82, 2.24) is 0 Å². The molecule has 1 rings (SSSR count). The SMILES string of the molecule is CC(=O)OC1C[C@@H](C)OC1O. The molecule has 1 fully saturated rings. The zero-order valence-electron chi connectivity index (χ0n) is 6.61. The minimum Gasteiger partial charge on any atom is -0.457 e. The predicted octanol–water partition coefficient (Wildman–Crippen LogP) is 0.0453. The molecule has 2 unspecified atom stereocenters. The van der Waals surface area contributed by atoms with Crippen LogP contribution in [0.5, 0.6) is 0 Å². The molecule has 0 aliphatic carbocycles. The van der Waals surface area contributed by atoms with Crippen molar-refractivity contribution in [3.8, 4) is 0 Å². The van der Waals surface area contributed by atoms with Gasteiger partial charge in [-0.2, -0.15) is 0 Å². The largest absolute Gasteiger partial charge is 0.457 e. The first kappa shape index (κ1) is 8.49. The Morgan fingerprint density at radius 3 is 2.73 bits per heavy atom. The van der Waals surface area contributed by atoms with E-state index in [9.17, 15) is 4.79 Å². The van der Waals surface area contributed by atoms with Gasteiger partial charge in [0.15, 0.2) is 12.4 Å². The fourth-order valence-corrected chi connectivity index (χ4v) is 1.14. The highest BCUT2D eigenvalue weighted by atomic mass is 16.7. The van der Waals surface area contributed by atoms with Gasteiger partial charge in [0.05, 0.1) is 6.10 Å². The normalized spacial score (nSPS) is 37.2. The van der Waals surface area contributed by atoms with Crippen LogP contribution in [0.1, 0.15) is 20.3 Å². The molecule has 1 aliphatic rings. The summed E-state index contributed by atoms with van der Waals surface area (Å²) in [6.45, 7) is 3.14. The summed E-state index contributed by atoms with van der Waals surface area (Å²) in [5.74, 6) is -0.383. The van der Waals surface area contributed by atoms with Gasteiger partial charge in [-0.05, 0) is 6.92 Å². The van der Waals surface area contributed by atoms with Gasteiger partial charge in [-0.3, -0.25) is 4.79 Å². The number of hydrogen-bond donors (Lipinski definition) is 1. The highest BCUT2D eigenvalue weighted by molar-refractivity contribution is 5.66. The van der Waals surface area contributed by atoms with Crippen LogP contribution in [0.25, 0.3) is 0 Å². The molecule has 1 saturated heterocycles. The van der Waals surface area contributed by atoms with Crippen LogP contribution in [0.2, 0.25) is 0 Å². The highest BCUT2D eigenvalue weighted by Crippen LogP contribution is 2.20. The second-order valence-electron chi connectivity index (χ2n) is 2.72. The molecule has 0 aromatic carbocycles. The van der Waals surface area contributed by atoms with Crippen LogP contribution in [-0.2, 0) is 14.3 Å². The van der Waals surface area contributed by atoms with Gasteiger partial charge in [-0.25, -0.2) is 0 Å². The molecule has 1 aliphatic heterocycles. The van der Waals surface area contributed by atoms with E-state index in [4.69, 9.17) is 14.6 Å². The molecule has 1 N–H and O–H groups in total. The number of aliphatic hydroxyl groups is 1. The van der Waals surface area contributed by atoms with E-state index in [2.05, 4.69) is 0 Å². The van der Waals surface area contributed by atoms with Crippen molar-refractivity contribution < 1.29 is 19.4 Å². The van der Waals surface area contributed by atoms with Crippen molar-refractivity contribution >= 4 is 5.97 Å². The first-order valence-electron chi connectivity index (χ1n) is 3.60. The van der Waals surface area contributed by atoms with Gasteiger partial charge < -0.3 is 14.6 Å². The molecule has 1 heterocycles. The molecule has 4 nitrogen and oxygen atoms in total. The van der Waals surface area contributed by atoms with Crippen LogP contribution in [0.4, 0.5) is 0 Å². The third-order valence-electron chi connectivity index (χ3n) is 1.57. The van der Waals surface area contributed by atoms with E-state index >= 15 is 0 Å². The molecular formula is C7H12O4. The fraction of sp³-hybridized carbons (Fsp3) is 0.857. The Morgan fingerprint density at radius 2 is 2.36 bits per heavy atom. The number of carbonyl (C=O) groups is 1. The average molecular weight is 160 g/mol. The van der Waals surface area contributed by atoms with E-state index in [0.717, 1.165) is 0 Å².